The Morgan fingerprint density at radius 2 is 1.54 bits per heavy atom. The van der Waals surface area contributed by atoms with Crippen LogP contribution in [0.4, 0.5) is 0 Å². The molecule has 1 aliphatic rings. The van der Waals surface area contributed by atoms with Gasteiger partial charge in [-0.2, -0.15) is 0 Å². The number of pyridine rings is 1. The Hall–Kier alpha value is -3.79. The highest BCUT2D eigenvalue weighted by atomic mass is 35.5. The van der Waals surface area contributed by atoms with Crippen LogP contribution in [0.2, 0.25) is 0 Å². The van der Waals surface area contributed by atoms with Crippen molar-refractivity contribution in [3.8, 4) is 5.75 Å². The van der Waals surface area contributed by atoms with Crippen LogP contribution in [0.25, 0.3) is 0 Å². The molecular weight excluding hydrogens is 494 g/mol. The van der Waals surface area contributed by atoms with Crippen molar-refractivity contribution in [1.29, 1.82) is 0 Å². The van der Waals surface area contributed by atoms with Gasteiger partial charge in [0.05, 0.1) is 17.6 Å². The molecule has 0 radical (unpaired) electrons. The molecule has 0 bridgehead atoms. The van der Waals surface area contributed by atoms with Crippen LogP contribution in [0.15, 0.2) is 67.0 Å². The number of carbonyl (C=O) groups is 3. The van der Waals surface area contributed by atoms with E-state index >= 15 is 0 Å². The molecule has 0 aliphatic carbocycles. The van der Waals surface area contributed by atoms with E-state index in [-0.39, 0.29) is 59.9 Å². The molecule has 0 spiro atoms. The molecule has 1 saturated heterocycles. The van der Waals surface area contributed by atoms with Crippen molar-refractivity contribution in [2.24, 2.45) is 5.73 Å². The third kappa shape index (κ3) is 6.91. The van der Waals surface area contributed by atoms with E-state index in [0.29, 0.717) is 29.7 Å². The zero-order valence-electron chi connectivity index (χ0n) is 20.1. The highest BCUT2D eigenvalue weighted by Crippen LogP contribution is 2.22. The first-order chi connectivity index (χ1) is 17.5. The number of hydrogen-bond acceptors (Lipinski definition) is 7. The molecule has 2 amide bonds. The molecule has 0 saturated carbocycles. The summed E-state index contributed by atoms with van der Waals surface area (Å²) < 4.78 is 0. The number of nitrogens with zero attached hydrogens (tertiary/aromatic N) is 1. The van der Waals surface area contributed by atoms with Gasteiger partial charge < -0.3 is 26.8 Å². The van der Waals surface area contributed by atoms with Crippen molar-refractivity contribution in [2.75, 3.05) is 13.1 Å². The summed E-state index contributed by atoms with van der Waals surface area (Å²) in [6.07, 6.45) is 4.67. The lowest BCUT2D eigenvalue weighted by Crippen LogP contribution is -2.54. The van der Waals surface area contributed by atoms with Crippen LogP contribution in [-0.2, 0) is 6.54 Å². The molecule has 2 aromatic carbocycles. The highest BCUT2D eigenvalue weighted by Gasteiger charge is 2.27. The van der Waals surface area contributed by atoms with Crippen molar-refractivity contribution < 1.29 is 19.5 Å². The van der Waals surface area contributed by atoms with E-state index in [0.717, 1.165) is 18.5 Å². The van der Waals surface area contributed by atoms with Gasteiger partial charge in [0, 0.05) is 42.2 Å². The highest BCUT2D eigenvalue weighted by molar-refractivity contribution is 6.11. The molecule has 1 fully saturated rings. The lowest BCUT2D eigenvalue weighted by Gasteiger charge is -2.27. The van der Waals surface area contributed by atoms with E-state index in [4.69, 9.17) is 5.73 Å². The molecule has 0 unspecified atom stereocenters. The van der Waals surface area contributed by atoms with E-state index in [9.17, 15) is 19.5 Å². The number of rotatable bonds is 7. The zero-order chi connectivity index (χ0) is 25.5. The molecule has 1 aromatic heterocycles. The molecule has 1 aliphatic heterocycles. The van der Waals surface area contributed by atoms with Gasteiger partial charge in [0.25, 0.3) is 11.8 Å². The predicted molar refractivity (Wildman–Crippen MR) is 142 cm³/mol. The number of hydrogen-bond donors (Lipinski definition) is 5. The van der Waals surface area contributed by atoms with Gasteiger partial charge in [-0.05, 0) is 61.3 Å². The first kappa shape index (κ1) is 27.8. The summed E-state index contributed by atoms with van der Waals surface area (Å²) in [5, 5.41) is 19.5. The van der Waals surface area contributed by atoms with Crippen LogP contribution in [0.3, 0.4) is 0 Å². The van der Waals surface area contributed by atoms with Crippen molar-refractivity contribution in [1.82, 2.24) is 20.9 Å². The summed E-state index contributed by atoms with van der Waals surface area (Å²) in [6, 6.07) is 13.7. The third-order valence-corrected chi connectivity index (χ3v) is 6.24. The molecule has 9 nitrogen and oxygen atoms in total. The second-order valence-electron chi connectivity index (χ2n) is 8.70. The maximum atomic E-state index is 13.0. The lowest BCUT2D eigenvalue weighted by molar-refractivity contribution is 0.0882. The first-order valence-electron chi connectivity index (χ1n) is 11.9. The van der Waals surface area contributed by atoms with E-state index in [1.54, 1.807) is 60.9 Å². The van der Waals surface area contributed by atoms with Crippen LogP contribution in [0, 0.1) is 0 Å². The van der Waals surface area contributed by atoms with Gasteiger partial charge in [-0.3, -0.25) is 19.4 Å². The molecule has 3 aromatic rings. The number of aromatic nitrogens is 1. The van der Waals surface area contributed by atoms with Gasteiger partial charge >= 0.3 is 0 Å². The summed E-state index contributed by atoms with van der Waals surface area (Å²) in [5.41, 5.74) is 7.78. The smallest absolute Gasteiger partial charge is 0.251 e. The Balaban J connectivity index is 0.00000380. The quantitative estimate of drug-likeness (QED) is 0.298. The van der Waals surface area contributed by atoms with Crippen LogP contribution >= 0.6 is 12.4 Å². The summed E-state index contributed by atoms with van der Waals surface area (Å²) in [7, 11) is 0. The van der Waals surface area contributed by atoms with Crippen LogP contribution in [-0.4, -0.2) is 52.9 Å². The fourth-order valence-corrected chi connectivity index (χ4v) is 4.20. The Bertz CT molecular complexity index is 1240. The molecule has 194 valence electrons. The maximum Gasteiger partial charge on any atom is 0.251 e. The monoisotopic (exact) mass is 523 g/mol. The summed E-state index contributed by atoms with van der Waals surface area (Å²) in [5.74, 6) is -1.00. The van der Waals surface area contributed by atoms with Crippen molar-refractivity contribution >= 4 is 30.0 Å². The van der Waals surface area contributed by atoms with E-state index in [1.807, 2.05) is 0 Å². The molecule has 10 heteroatoms. The SMILES string of the molecule is Cl.NCc1ccc(O)c(C(=O)c2ccc(C(=O)N[C@@H]3CCCNC[C@H]3NC(=O)c3ccncc3)cc2)c1. The maximum absolute atomic E-state index is 13.0. The second-order valence-corrected chi connectivity index (χ2v) is 8.70. The van der Waals surface area contributed by atoms with Crippen LogP contribution in [0.5, 0.6) is 5.75 Å². The number of aromatic hydroxyl groups is 1. The van der Waals surface area contributed by atoms with Crippen LogP contribution < -0.4 is 21.7 Å². The fraction of sp³-hybridized carbons (Fsp3) is 0.259. The Kier molecular flexibility index (Phi) is 9.73. The Labute approximate surface area is 221 Å². The standard InChI is InChI=1S/C27H29N5O4.ClH/c28-15-17-3-8-24(33)21(14-17)25(34)18-4-6-19(7-5-18)26(35)31-22-2-1-11-30-16-23(22)32-27(36)20-9-12-29-13-10-20;/h3-10,12-14,22-23,30,33H,1-2,11,15-16,28H2,(H,31,35)(H,32,36);1H/t22-,23-;/m1./s1. The fourth-order valence-electron chi connectivity index (χ4n) is 4.20. The Morgan fingerprint density at radius 3 is 2.22 bits per heavy atom. The molecular formula is C27H30ClN5O4. The number of ketones is 1. The van der Waals surface area contributed by atoms with Gasteiger partial charge in [0.15, 0.2) is 5.78 Å². The number of amides is 2. The van der Waals surface area contributed by atoms with E-state index in [2.05, 4.69) is 20.9 Å². The minimum Gasteiger partial charge on any atom is -0.507 e. The van der Waals surface area contributed by atoms with Gasteiger partial charge in [0.1, 0.15) is 5.75 Å². The predicted octanol–water partition coefficient (Wildman–Crippen LogP) is 2.18. The minimum atomic E-state index is -0.358. The van der Waals surface area contributed by atoms with Crippen molar-refractivity contribution in [3.63, 3.8) is 0 Å². The normalized spacial score (nSPS) is 17.1. The number of nitrogens with two attached hydrogens (primary N) is 1. The molecule has 2 heterocycles. The number of carbonyl (C=O) groups excluding carboxylic acids is 3. The zero-order valence-corrected chi connectivity index (χ0v) is 21.0. The Morgan fingerprint density at radius 1 is 0.919 bits per heavy atom. The van der Waals surface area contributed by atoms with Crippen molar-refractivity contribution in [3.05, 3.63) is 94.8 Å². The molecule has 4 rings (SSSR count). The molecule has 37 heavy (non-hydrogen) atoms. The van der Waals surface area contributed by atoms with E-state index < -0.39 is 0 Å². The largest absolute Gasteiger partial charge is 0.507 e. The van der Waals surface area contributed by atoms with Crippen molar-refractivity contribution in [2.45, 2.75) is 31.5 Å². The molecule has 2 atom stereocenters. The molecule has 6 N–H and O–H groups in total. The number of halogens is 1. The van der Waals surface area contributed by atoms with Gasteiger partial charge in [-0.25, -0.2) is 0 Å². The number of nitrogens with one attached hydrogen (secondary N) is 3. The third-order valence-electron chi connectivity index (χ3n) is 6.24. The average Bonchev–Trinajstić information content (AvgIpc) is 3.13. The lowest BCUT2D eigenvalue weighted by atomic mass is 9.99. The topological polar surface area (TPSA) is 146 Å². The second kappa shape index (κ2) is 13.0. The number of phenols is 1. The minimum absolute atomic E-state index is 0. The van der Waals surface area contributed by atoms with Gasteiger partial charge in [-0.15, -0.1) is 12.4 Å². The summed E-state index contributed by atoms with van der Waals surface area (Å²) >= 11 is 0. The van der Waals surface area contributed by atoms with E-state index in [1.165, 1.54) is 6.07 Å². The van der Waals surface area contributed by atoms with Gasteiger partial charge in [-0.1, -0.05) is 18.2 Å². The van der Waals surface area contributed by atoms with Crippen LogP contribution in [0.1, 0.15) is 55.0 Å². The van der Waals surface area contributed by atoms with Gasteiger partial charge in [0.2, 0.25) is 0 Å². The first-order valence-corrected chi connectivity index (χ1v) is 11.9. The number of phenolic OH excluding ortho intramolecular Hbond substituents is 1. The average molecular weight is 524 g/mol. The summed E-state index contributed by atoms with van der Waals surface area (Å²) in [6.45, 7) is 1.57. The summed E-state index contributed by atoms with van der Waals surface area (Å²) in [4.78, 5) is 42.5. The number of benzene rings is 2.